The highest BCUT2D eigenvalue weighted by molar-refractivity contribution is 5.94. The van der Waals surface area contributed by atoms with Gasteiger partial charge in [-0.1, -0.05) is 33.6 Å². The number of methoxy groups -OCH3 is 1. The lowest BCUT2D eigenvalue weighted by molar-refractivity contribution is 0.0600. The third-order valence-corrected chi connectivity index (χ3v) is 2.59. The summed E-state index contributed by atoms with van der Waals surface area (Å²) in [4.78, 5) is 22.2. The highest BCUT2D eigenvalue weighted by atomic mass is 16.5. The van der Waals surface area contributed by atoms with Gasteiger partial charge in [-0.15, -0.1) is 0 Å². The third-order valence-electron chi connectivity index (χ3n) is 2.59. The van der Waals surface area contributed by atoms with E-state index in [0.717, 1.165) is 6.42 Å². The van der Waals surface area contributed by atoms with E-state index in [2.05, 4.69) is 21.9 Å². The maximum atomic E-state index is 11.8. The minimum Gasteiger partial charge on any atom is -0.465 e. The van der Waals surface area contributed by atoms with E-state index >= 15 is 0 Å². The number of carbonyl (C=O) groups excluding carboxylic acids is 1. The van der Waals surface area contributed by atoms with Crippen molar-refractivity contribution in [1.82, 2.24) is 9.97 Å². The van der Waals surface area contributed by atoms with Crippen molar-refractivity contribution in [2.45, 2.75) is 39.5 Å². The zero-order valence-electron chi connectivity index (χ0n) is 12.9. The first-order valence-electron chi connectivity index (χ1n) is 6.49. The monoisotopic (exact) mass is 275 g/mol. The first-order chi connectivity index (χ1) is 9.31. The number of rotatable bonds is 2. The van der Waals surface area contributed by atoms with Crippen molar-refractivity contribution in [2.24, 2.45) is 0 Å². The summed E-state index contributed by atoms with van der Waals surface area (Å²) in [6, 6.07) is 2.93. The molecule has 0 fully saturated rings. The molecule has 0 aliphatic carbocycles. The Hall–Kier alpha value is -2.09. The van der Waals surface area contributed by atoms with E-state index < -0.39 is 5.97 Å². The van der Waals surface area contributed by atoms with Crippen LogP contribution in [0.2, 0.25) is 0 Å². The van der Waals surface area contributed by atoms with Crippen molar-refractivity contribution in [3.8, 4) is 12.0 Å². The molecule has 1 aromatic rings. The van der Waals surface area contributed by atoms with E-state index in [1.807, 2.05) is 27.7 Å². The largest absolute Gasteiger partial charge is 0.465 e. The van der Waals surface area contributed by atoms with E-state index in [9.17, 15) is 4.79 Å². The van der Waals surface area contributed by atoms with Gasteiger partial charge in [-0.2, -0.15) is 0 Å². The van der Waals surface area contributed by atoms with Gasteiger partial charge in [-0.3, -0.25) is 4.90 Å². The molecule has 1 rings (SSSR count). The highest BCUT2D eigenvalue weighted by Crippen LogP contribution is 2.23. The number of hydrogen-bond donors (Lipinski definition) is 0. The number of ether oxygens (including phenoxy) is 1. The summed E-state index contributed by atoms with van der Waals surface area (Å²) in [6.45, 7) is 8.01. The molecule has 0 unspecified atom stereocenters. The molecule has 0 amide bonds. The number of carbonyl (C=O) groups is 1. The molecule has 1 aromatic heterocycles. The van der Waals surface area contributed by atoms with Crippen molar-refractivity contribution in [1.29, 1.82) is 0 Å². The zero-order chi connectivity index (χ0) is 15.3. The number of anilines is 1. The maximum Gasteiger partial charge on any atom is 0.343 e. The molecule has 0 aliphatic rings. The Kier molecular flexibility index (Phi) is 5.09. The molecular formula is C15H21N3O2. The molecule has 20 heavy (non-hydrogen) atoms. The fourth-order valence-electron chi connectivity index (χ4n) is 1.49. The SMILES string of the molecule is CCC#CN(C)c1nc(C(C)(C)C)ncc1C(=O)OC. The van der Waals surface area contributed by atoms with Crippen molar-refractivity contribution < 1.29 is 9.53 Å². The Balaban J connectivity index is 3.37. The molecule has 1 heterocycles. The highest BCUT2D eigenvalue weighted by Gasteiger charge is 2.23. The van der Waals surface area contributed by atoms with Gasteiger partial charge in [0.15, 0.2) is 5.82 Å². The molecule has 0 bridgehead atoms. The molecule has 0 spiro atoms. The van der Waals surface area contributed by atoms with Crippen LogP contribution in [-0.2, 0) is 10.2 Å². The van der Waals surface area contributed by atoms with Crippen LogP contribution in [0.15, 0.2) is 6.20 Å². The van der Waals surface area contributed by atoms with Crippen LogP contribution < -0.4 is 4.90 Å². The van der Waals surface area contributed by atoms with Gasteiger partial charge in [-0.25, -0.2) is 14.8 Å². The Morgan fingerprint density at radius 1 is 1.45 bits per heavy atom. The molecule has 0 aromatic carbocycles. The van der Waals surface area contributed by atoms with Crippen LogP contribution in [0.1, 0.15) is 50.3 Å². The lowest BCUT2D eigenvalue weighted by Crippen LogP contribution is -2.22. The number of hydrogen-bond acceptors (Lipinski definition) is 5. The fourth-order valence-corrected chi connectivity index (χ4v) is 1.49. The predicted octanol–water partition coefficient (Wildman–Crippen LogP) is 2.37. The van der Waals surface area contributed by atoms with Crippen LogP contribution in [0.4, 0.5) is 5.82 Å². The average Bonchev–Trinajstić information content (AvgIpc) is 2.42. The molecule has 108 valence electrons. The zero-order valence-corrected chi connectivity index (χ0v) is 12.9. The smallest absolute Gasteiger partial charge is 0.343 e. The minimum atomic E-state index is -0.467. The van der Waals surface area contributed by atoms with Crippen molar-refractivity contribution in [3.63, 3.8) is 0 Å². The second-order valence-electron chi connectivity index (χ2n) is 5.37. The molecule has 0 aliphatic heterocycles. The molecule has 0 atom stereocenters. The quantitative estimate of drug-likeness (QED) is 0.471. The van der Waals surface area contributed by atoms with Crippen molar-refractivity contribution in [3.05, 3.63) is 17.6 Å². The molecular weight excluding hydrogens is 254 g/mol. The van der Waals surface area contributed by atoms with Gasteiger partial charge in [0.05, 0.1) is 7.11 Å². The van der Waals surface area contributed by atoms with Gasteiger partial charge >= 0.3 is 5.97 Å². The molecule has 0 saturated heterocycles. The lowest BCUT2D eigenvalue weighted by Gasteiger charge is -2.20. The topological polar surface area (TPSA) is 55.3 Å². The van der Waals surface area contributed by atoms with Crippen LogP contribution >= 0.6 is 0 Å². The second kappa shape index (κ2) is 6.38. The summed E-state index contributed by atoms with van der Waals surface area (Å²) in [5.41, 5.74) is 0.107. The number of esters is 1. The van der Waals surface area contributed by atoms with Crippen LogP contribution in [0.3, 0.4) is 0 Å². The van der Waals surface area contributed by atoms with E-state index in [1.54, 1.807) is 11.9 Å². The van der Waals surface area contributed by atoms with Gasteiger partial charge in [0.2, 0.25) is 0 Å². The summed E-state index contributed by atoms with van der Waals surface area (Å²) < 4.78 is 4.76. The molecule has 0 radical (unpaired) electrons. The number of nitrogens with zero attached hydrogens (tertiary/aromatic N) is 3. The summed E-state index contributed by atoms with van der Waals surface area (Å²) in [6.07, 6.45) is 2.23. The predicted molar refractivity (Wildman–Crippen MR) is 78.5 cm³/mol. The van der Waals surface area contributed by atoms with Gasteiger partial charge in [0.1, 0.15) is 11.4 Å². The maximum absolute atomic E-state index is 11.8. The van der Waals surface area contributed by atoms with Crippen LogP contribution in [0, 0.1) is 12.0 Å². The summed E-state index contributed by atoms with van der Waals surface area (Å²) in [5.74, 6) is 3.61. The van der Waals surface area contributed by atoms with E-state index in [1.165, 1.54) is 13.3 Å². The van der Waals surface area contributed by atoms with Crippen LogP contribution in [0.5, 0.6) is 0 Å². The van der Waals surface area contributed by atoms with Gasteiger partial charge in [-0.05, 0) is 0 Å². The van der Waals surface area contributed by atoms with Crippen molar-refractivity contribution >= 4 is 11.8 Å². The van der Waals surface area contributed by atoms with Crippen molar-refractivity contribution in [2.75, 3.05) is 19.1 Å². The van der Waals surface area contributed by atoms with E-state index in [-0.39, 0.29) is 5.41 Å². The van der Waals surface area contributed by atoms with Gasteiger partial charge in [0, 0.05) is 31.1 Å². The first-order valence-corrected chi connectivity index (χ1v) is 6.49. The second-order valence-corrected chi connectivity index (χ2v) is 5.37. The standard InChI is InChI=1S/C15H21N3O2/c1-7-8-9-18(5)12-11(13(19)20-6)10-16-14(17-12)15(2,3)4/h10H,7H2,1-6H3. The van der Waals surface area contributed by atoms with E-state index in [0.29, 0.717) is 17.2 Å². The van der Waals surface area contributed by atoms with Gasteiger partial charge in [0.25, 0.3) is 0 Å². The Labute approximate surface area is 120 Å². The van der Waals surface area contributed by atoms with E-state index in [4.69, 9.17) is 4.74 Å². The summed E-state index contributed by atoms with van der Waals surface area (Å²) in [5, 5.41) is 0. The normalized spacial score (nSPS) is 10.5. The third kappa shape index (κ3) is 3.70. The lowest BCUT2D eigenvalue weighted by atomic mass is 9.95. The molecule has 5 nitrogen and oxygen atoms in total. The molecule has 5 heteroatoms. The van der Waals surface area contributed by atoms with Crippen LogP contribution in [-0.4, -0.2) is 30.1 Å². The van der Waals surface area contributed by atoms with Gasteiger partial charge < -0.3 is 4.74 Å². The Bertz CT molecular complexity index is 550. The number of aromatic nitrogens is 2. The summed E-state index contributed by atoms with van der Waals surface area (Å²) >= 11 is 0. The Morgan fingerprint density at radius 3 is 2.60 bits per heavy atom. The average molecular weight is 275 g/mol. The molecule has 0 N–H and O–H groups in total. The molecule has 0 saturated carbocycles. The minimum absolute atomic E-state index is 0.206. The summed E-state index contributed by atoms with van der Waals surface area (Å²) in [7, 11) is 3.10. The Morgan fingerprint density at radius 2 is 2.10 bits per heavy atom. The fraction of sp³-hybridized carbons (Fsp3) is 0.533. The van der Waals surface area contributed by atoms with Crippen LogP contribution in [0.25, 0.3) is 0 Å². The first kappa shape index (κ1) is 16.0.